The standard InChI is InChI=1S/C16H22FN/c1-11(2)12-3-5-13(6-4-12)16(17)9-14-7-8-15(10-16)18-14/h3-6,11,14-15,18H,7-10H2,1-2H3. The molecule has 0 saturated carbocycles. The van der Waals surface area contributed by atoms with Crippen molar-refractivity contribution in [3.63, 3.8) is 0 Å². The molecule has 1 N–H and O–H groups in total. The highest BCUT2D eigenvalue weighted by atomic mass is 19.1. The second kappa shape index (κ2) is 4.34. The molecule has 2 fully saturated rings. The van der Waals surface area contributed by atoms with Crippen LogP contribution in [0.15, 0.2) is 24.3 Å². The van der Waals surface area contributed by atoms with E-state index in [0.717, 1.165) is 18.4 Å². The Morgan fingerprint density at radius 1 is 1.11 bits per heavy atom. The number of benzene rings is 1. The summed E-state index contributed by atoms with van der Waals surface area (Å²) in [6.07, 6.45) is 3.57. The molecule has 0 aliphatic carbocycles. The van der Waals surface area contributed by atoms with Crippen molar-refractivity contribution in [2.45, 2.75) is 63.2 Å². The van der Waals surface area contributed by atoms with Gasteiger partial charge in [-0.3, -0.25) is 0 Å². The van der Waals surface area contributed by atoms with Gasteiger partial charge in [-0.05, 0) is 29.9 Å². The van der Waals surface area contributed by atoms with E-state index in [9.17, 15) is 0 Å². The first-order valence-electron chi connectivity index (χ1n) is 7.12. The number of fused-ring (bicyclic) bond motifs is 2. The Balaban J connectivity index is 1.85. The molecule has 2 aliphatic rings. The first-order valence-corrected chi connectivity index (χ1v) is 7.12. The molecule has 2 heteroatoms. The van der Waals surface area contributed by atoms with Gasteiger partial charge >= 0.3 is 0 Å². The zero-order valence-corrected chi connectivity index (χ0v) is 11.2. The van der Waals surface area contributed by atoms with Crippen LogP contribution in [0.2, 0.25) is 0 Å². The fraction of sp³-hybridized carbons (Fsp3) is 0.625. The number of rotatable bonds is 2. The van der Waals surface area contributed by atoms with Crippen LogP contribution >= 0.6 is 0 Å². The number of piperidine rings is 1. The SMILES string of the molecule is CC(C)c1ccc(C2(F)CC3CCC(C2)N3)cc1. The molecule has 3 rings (SSSR count). The molecule has 2 heterocycles. The van der Waals surface area contributed by atoms with Gasteiger partial charge in [-0.25, -0.2) is 4.39 Å². The van der Waals surface area contributed by atoms with Gasteiger partial charge in [0.05, 0.1) is 0 Å². The summed E-state index contributed by atoms with van der Waals surface area (Å²) in [5.41, 5.74) is 1.07. The summed E-state index contributed by atoms with van der Waals surface area (Å²) in [7, 11) is 0. The average molecular weight is 247 g/mol. The monoisotopic (exact) mass is 247 g/mol. The van der Waals surface area contributed by atoms with Gasteiger partial charge in [-0.2, -0.15) is 0 Å². The molecule has 98 valence electrons. The average Bonchev–Trinajstić information content (AvgIpc) is 2.69. The highest BCUT2D eigenvalue weighted by molar-refractivity contribution is 5.30. The maximum absolute atomic E-state index is 15.1. The first kappa shape index (κ1) is 12.2. The van der Waals surface area contributed by atoms with Crippen LogP contribution in [0.25, 0.3) is 0 Å². The minimum absolute atomic E-state index is 0.388. The quantitative estimate of drug-likeness (QED) is 0.836. The second-order valence-corrected chi connectivity index (χ2v) is 6.29. The van der Waals surface area contributed by atoms with E-state index in [2.05, 4.69) is 31.3 Å². The Hall–Kier alpha value is -0.890. The second-order valence-electron chi connectivity index (χ2n) is 6.29. The smallest absolute Gasteiger partial charge is 0.139 e. The summed E-state index contributed by atoms with van der Waals surface area (Å²) in [5.74, 6) is 0.513. The van der Waals surface area contributed by atoms with E-state index in [4.69, 9.17) is 0 Å². The molecule has 0 amide bonds. The highest BCUT2D eigenvalue weighted by Crippen LogP contribution is 2.43. The predicted molar refractivity (Wildman–Crippen MR) is 72.5 cm³/mol. The number of hydrogen-bond donors (Lipinski definition) is 1. The van der Waals surface area contributed by atoms with E-state index in [1.54, 1.807) is 0 Å². The zero-order valence-electron chi connectivity index (χ0n) is 11.2. The van der Waals surface area contributed by atoms with Gasteiger partial charge in [-0.1, -0.05) is 38.1 Å². The molecule has 0 aromatic heterocycles. The van der Waals surface area contributed by atoms with Gasteiger partial charge < -0.3 is 5.32 Å². The van der Waals surface area contributed by atoms with Crippen LogP contribution in [-0.2, 0) is 5.67 Å². The lowest BCUT2D eigenvalue weighted by Crippen LogP contribution is -2.44. The Bertz CT molecular complexity index is 411. The molecule has 1 aromatic rings. The van der Waals surface area contributed by atoms with Crippen molar-refractivity contribution in [2.75, 3.05) is 0 Å². The molecule has 2 aliphatic heterocycles. The molecule has 2 saturated heterocycles. The van der Waals surface area contributed by atoms with Crippen molar-refractivity contribution in [1.29, 1.82) is 0 Å². The van der Waals surface area contributed by atoms with E-state index in [-0.39, 0.29) is 0 Å². The van der Waals surface area contributed by atoms with Crippen molar-refractivity contribution >= 4 is 0 Å². The fourth-order valence-electron chi connectivity index (χ4n) is 3.49. The lowest BCUT2D eigenvalue weighted by atomic mass is 9.82. The van der Waals surface area contributed by atoms with Crippen LogP contribution in [-0.4, -0.2) is 12.1 Å². The molecule has 1 nitrogen and oxygen atoms in total. The minimum Gasteiger partial charge on any atom is -0.311 e. The highest BCUT2D eigenvalue weighted by Gasteiger charge is 2.44. The Labute approximate surface area is 109 Å². The van der Waals surface area contributed by atoms with E-state index >= 15 is 4.39 Å². The first-order chi connectivity index (χ1) is 8.57. The van der Waals surface area contributed by atoms with Crippen LogP contribution in [0, 0.1) is 0 Å². The van der Waals surface area contributed by atoms with Gasteiger partial charge in [0, 0.05) is 24.9 Å². The normalized spacial score (nSPS) is 35.1. The van der Waals surface area contributed by atoms with Crippen molar-refractivity contribution < 1.29 is 4.39 Å². The molecule has 2 bridgehead atoms. The maximum Gasteiger partial charge on any atom is 0.139 e. The number of nitrogens with one attached hydrogen (secondary N) is 1. The van der Waals surface area contributed by atoms with E-state index in [1.165, 1.54) is 5.56 Å². The van der Waals surface area contributed by atoms with Gasteiger partial charge in [0.1, 0.15) is 5.67 Å². The molecule has 2 unspecified atom stereocenters. The number of halogens is 1. The summed E-state index contributed by atoms with van der Waals surface area (Å²) in [6.45, 7) is 4.34. The van der Waals surface area contributed by atoms with Gasteiger partial charge in [0.2, 0.25) is 0 Å². The third kappa shape index (κ3) is 2.07. The fourth-order valence-corrected chi connectivity index (χ4v) is 3.49. The van der Waals surface area contributed by atoms with Gasteiger partial charge in [-0.15, -0.1) is 0 Å². The molecule has 0 spiro atoms. The van der Waals surface area contributed by atoms with Crippen LogP contribution in [0.1, 0.15) is 56.6 Å². The summed E-state index contributed by atoms with van der Waals surface area (Å²) >= 11 is 0. The molecular weight excluding hydrogens is 225 g/mol. The molecule has 2 atom stereocenters. The minimum atomic E-state index is -1.10. The van der Waals surface area contributed by atoms with Gasteiger partial charge in [0.25, 0.3) is 0 Å². The predicted octanol–water partition coefficient (Wildman–Crippen LogP) is 3.89. The Kier molecular flexibility index (Phi) is 2.93. The zero-order chi connectivity index (χ0) is 12.8. The molecule has 18 heavy (non-hydrogen) atoms. The maximum atomic E-state index is 15.1. The lowest BCUT2D eigenvalue weighted by molar-refractivity contribution is 0.0873. The van der Waals surface area contributed by atoms with E-state index in [0.29, 0.717) is 30.8 Å². The van der Waals surface area contributed by atoms with E-state index in [1.807, 2.05) is 12.1 Å². The van der Waals surface area contributed by atoms with E-state index < -0.39 is 5.67 Å². The molecular formula is C16H22FN. The molecule has 1 aromatic carbocycles. The summed E-state index contributed by atoms with van der Waals surface area (Å²) < 4.78 is 15.1. The van der Waals surface area contributed by atoms with Crippen molar-refractivity contribution in [3.05, 3.63) is 35.4 Å². The largest absolute Gasteiger partial charge is 0.311 e. The third-order valence-electron chi connectivity index (χ3n) is 4.57. The summed E-state index contributed by atoms with van der Waals surface area (Å²) in [4.78, 5) is 0. The Morgan fingerprint density at radius 3 is 2.17 bits per heavy atom. The third-order valence-corrected chi connectivity index (χ3v) is 4.57. The van der Waals surface area contributed by atoms with Crippen LogP contribution < -0.4 is 5.32 Å². The van der Waals surface area contributed by atoms with Crippen molar-refractivity contribution in [2.24, 2.45) is 0 Å². The van der Waals surface area contributed by atoms with Gasteiger partial charge in [0.15, 0.2) is 0 Å². The van der Waals surface area contributed by atoms with Crippen LogP contribution in [0.3, 0.4) is 0 Å². The topological polar surface area (TPSA) is 12.0 Å². The summed E-state index contributed by atoms with van der Waals surface area (Å²) in [6, 6.07) is 8.95. The number of hydrogen-bond acceptors (Lipinski definition) is 1. The number of alkyl halides is 1. The van der Waals surface area contributed by atoms with Crippen molar-refractivity contribution in [1.82, 2.24) is 5.32 Å². The Morgan fingerprint density at radius 2 is 1.67 bits per heavy atom. The van der Waals surface area contributed by atoms with Crippen LogP contribution in [0.4, 0.5) is 4.39 Å². The molecule has 0 radical (unpaired) electrons. The summed E-state index contributed by atoms with van der Waals surface area (Å²) in [5, 5.41) is 3.50. The van der Waals surface area contributed by atoms with Crippen molar-refractivity contribution in [3.8, 4) is 0 Å². The lowest BCUT2D eigenvalue weighted by Gasteiger charge is -2.35. The van der Waals surface area contributed by atoms with Crippen LogP contribution in [0.5, 0.6) is 0 Å².